The Hall–Kier alpha value is -2.18. The van der Waals surface area contributed by atoms with Crippen molar-refractivity contribution in [3.63, 3.8) is 0 Å². The zero-order valence-corrected chi connectivity index (χ0v) is 12.9. The number of rotatable bonds is 3. The van der Waals surface area contributed by atoms with Gasteiger partial charge < -0.3 is 9.64 Å². The molecule has 0 spiro atoms. The fourth-order valence-electron chi connectivity index (χ4n) is 3.24. The van der Waals surface area contributed by atoms with E-state index in [1.54, 1.807) is 6.20 Å². The van der Waals surface area contributed by atoms with Gasteiger partial charge in [0.05, 0.1) is 30.7 Å². The van der Waals surface area contributed by atoms with Crippen LogP contribution in [0.4, 0.5) is 0 Å². The minimum Gasteiger partial charge on any atom is -0.379 e. The SMILES string of the molecule is O=C(c1cn[nH]c1-c1ccccc1)N1CC(N2CCOCC2)C1. The third kappa shape index (κ3) is 2.75. The molecule has 2 aromatic rings. The van der Waals surface area contributed by atoms with Crippen LogP contribution in [-0.4, -0.2) is 71.3 Å². The van der Waals surface area contributed by atoms with Crippen molar-refractivity contribution >= 4 is 5.91 Å². The van der Waals surface area contributed by atoms with E-state index in [-0.39, 0.29) is 5.91 Å². The summed E-state index contributed by atoms with van der Waals surface area (Å²) in [5.74, 6) is 0.0575. The van der Waals surface area contributed by atoms with Gasteiger partial charge in [0.15, 0.2) is 0 Å². The number of carbonyl (C=O) groups is 1. The summed E-state index contributed by atoms with van der Waals surface area (Å²) in [7, 11) is 0. The van der Waals surface area contributed by atoms with Crippen molar-refractivity contribution in [3.8, 4) is 11.3 Å². The number of morpholine rings is 1. The van der Waals surface area contributed by atoms with Gasteiger partial charge in [0.1, 0.15) is 0 Å². The summed E-state index contributed by atoms with van der Waals surface area (Å²) in [5, 5.41) is 7.03. The van der Waals surface area contributed by atoms with Crippen LogP contribution in [0, 0.1) is 0 Å². The summed E-state index contributed by atoms with van der Waals surface area (Å²) in [4.78, 5) is 17.1. The molecule has 2 fully saturated rings. The lowest BCUT2D eigenvalue weighted by molar-refractivity contribution is -0.0256. The van der Waals surface area contributed by atoms with Crippen LogP contribution in [0.2, 0.25) is 0 Å². The van der Waals surface area contributed by atoms with E-state index in [9.17, 15) is 4.79 Å². The first-order valence-corrected chi connectivity index (χ1v) is 8.03. The van der Waals surface area contributed by atoms with Crippen LogP contribution in [0.3, 0.4) is 0 Å². The van der Waals surface area contributed by atoms with Gasteiger partial charge in [0.2, 0.25) is 0 Å². The first kappa shape index (κ1) is 14.4. The zero-order chi connectivity index (χ0) is 15.6. The topological polar surface area (TPSA) is 61.5 Å². The molecule has 0 radical (unpaired) electrons. The van der Waals surface area contributed by atoms with Crippen LogP contribution < -0.4 is 0 Å². The molecule has 1 aromatic heterocycles. The van der Waals surface area contributed by atoms with Crippen LogP contribution in [-0.2, 0) is 4.74 Å². The van der Waals surface area contributed by atoms with Gasteiger partial charge in [-0.1, -0.05) is 30.3 Å². The van der Waals surface area contributed by atoms with E-state index in [1.807, 2.05) is 35.2 Å². The number of hydrogen-bond acceptors (Lipinski definition) is 4. The number of ether oxygens (including phenoxy) is 1. The monoisotopic (exact) mass is 312 g/mol. The van der Waals surface area contributed by atoms with Gasteiger partial charge in [-0.05, 0) is 0 Å². The zero-order valence-electron chi connectivity index (χ0n) is 12.9. The van der Waals surface area contributed by atoms with Crippen molar-refractivity contribution in [3.05, 3.63) is 42.1 Å². The molecule has 120 valence electrons. The molecule has 0 unspecified atom stereocenters. The summed E-state index contributed by atoms with van der Waals surface area (Å²) < 4.78 is 5.38. The van der Waals surface area contributed by atoms with Crippen molar-refractivity contribution in [1.82, 2.24) is 20.0 Å². The third-order valence-corrected chi connectivity index (χ3v) is 4.64. The Balaban J connectivity index is 1.44. The highest BCUT2D eigenvalue weighted by Gasteiger charge is 2.36. The van der Waals surface area contributed by atoms with E-state index in [2.05, 4.69) is 15.1 Å². The predicted octanol–water partition coefficient (Wildman–Crippen LogP) is 1.23. The molecule has 4 rings (SSSR count). The standard InChI is InChI=1S/C17H20N4O2/c22-17(21-11-14(12-21)20-6-8-23-9-7-20)15-10-18-19-16(15)13-4-2-1-3-5-13/h1-5,10,14H,6-9,11-12H2,(H,18,19). The van der Waals surface area contributed by atoms with E-state index >= 15 is 0 Å². The number of amides is 1. The molecule has 3 heterocycles. The molecule has 1 amide bonds. The Morgan fingerprint density at radius 2 is 1.91 bits per heavy atom. The Bertz CT molecular complexity index is 673. The van der Waals surface area contributed by atoms with Gasteiger partial charge in [0.25, 0.3) is 5.91 Å². The van der Waals surface area contributed by atoms with Crippen LogP contribution in [0.15, 0.2) is 36.5 Å². The number of aromatic nitrogens is 2. The average molecular weight is 312 g/mol. The maximum absolute atomic E-state index is 12.7. The molecule has 2 saturated heterocycles. The number of H-pyrrole nitrogens is 1. The molecular formula is C17H20N4O2. The fourth-order valence-corrected chi connectivity index (χ4v) is 3.24. The van der Waals surface area contributed by atoms with E-state index in [0.29, 0.717) is 11.6 Å². The average Bonchev–Trinajstić information content (AvgIpc) is 3.05. The van der Waals surface area contributed by atoms with Crippen molar-refractivity contribution < 1.29 is 9.53 Å². The molecule has 2 aliphatic rings. The molecule has 0 saturated carbocycles. The van der Waals surface area contributed by atoms with Crippen LogP contribution >= 0.6 is 0 Å². The highest BCUT2D eigenvalue weighted by atomic mass is 16.5. The second-order valence-corrected chi connectivity index (χ2v) is 6.04. The third-order valence-electron chi connectivity index (χ3n) is 4.64. The summed E-state index contributed by atoms with van der Waals surface area (Å²) in [6.07, 6.45) is 1.63. The summed E-state index contributed by atoms with van der Waals surface area (Å²) >= 11 is 0. The second-order valence-electron chi connectivity index (χ2n) is 6.04. The number of nitrogens with one attached hydrogen (secondary N) is 1. The van der Waals surface area contributed by atoms with E-state index in [4.69, 9.17) is 4.74 Å². The van der Waals surface area contributed by atoms with Crippen LogP contribution in [0.25, 0.3) is 11.3 Å². The Labute approximate surface area is 135 Å². The highest BCUT2D eigenvalue weighted by molar-refractivity contribution is 6.00. The quantitative estimate of drug-likeness (QED) is 0.926. The molecule has 6 heteroatoms. The minimum absolute atomic E-state index is 0.0575. The first-order chi connectivity index (χ1) is 11.3. The van der Waals surface area contributed by atoms with E-state index < -0.39 is 0 Å². The number of aromatic amines is 1. The Morgan fingerprint density at radius 1 is 1.17 bits per heavy atom. The maximum Gasteiger partial charge on any atom is 0.257 e. The molecular weight excluding hydrogens is 292 g/mol. The van der Waals surface area contributed by atoms with Crippen molar-refractivity contribution in [2.24, 2.45) is 0 Å². The normalized spacial score (nSPS) is 19.6. The van der Waals surface area contributed by atoms with Crippen LogP contribution in [0.5, 0.6) is 0 Å². The maximum atomic E-state index is 12.7. The van der Waals surface area contributed by atoms with Crippen molar-refractivity contribution in [2.75, 3.05) is 39.4 Å². The lowest BCUT2D eigenvalue weighted by Gasteiger charge is -2.46. The van der Waals surface area contributed by atoms with E-state index in [0.717, 1.165) is 50.7 Å². The van der Waals surface area contributed by atoms with Crippen molar-refractivity contribution in [2.45, 2.75) is 6.04 Å². The molecule has 1 N–H and O–H groups in total. The number of carbonyl (C=O) groups excluding carboxylic acids is 1. The number of benzene rings is 1. The predicted molar refractivity (Wildman–Crippen MR) is 86.1 cm³/mol. The lowest BCUT2D eigenvalue weighted by atomic mass is 10.0. The molecule has 0 aliphatic carbocycles. The Kier molecular flexibility index (Phi) is 3.85. The van der Waals surface area contributed by atoms with Crippen LogP contribution in [0.1, 0.15) is 10.4 Å². The fraction of sp³-hybridized carbons (Fsp3) is 0.412. The smallest absolute Gasteiger partial charge is 0.257 e. The van der Waals surface area contributed by atoms with Gasteiger partial charge in [-0.2, -0.15) is 5.10 Å². The van der Waals surface area contributed by atoms with Gasteiger partial charge >= 0.3 is 0 Å². The van der Waals surface area contributed by atoms with Crippen molar-refractivity contribution in [1.29, 1.82) is 0 Å². The Morgan fingerprint density at radius 3 is 2.65 bits per heavy atom. The van der Waals surface area contributed by atoms with Gasteiger partial charge in [-0.25, -0.2) is 0 Å². The molecule has 0 atom stereocenters. The number of hydrogen-bond donors (Lipinski definition) is 1. The number of nitrogens with zero attached hydrogens (tertiary/aromatic N) is 3. The molecule has 6 nitrogen and oxygen atoms in total. The van der Waals surface area contributed by atoms with E-state index in [1.165, 1.54) is 0 Å². The summed E-state index contributed by atoms with van der Waals surface area (Å²) in [6, 6.07) is 10.3. The minimum atomic E-state index is 0.0575. The lowest BCUT2D eigenvalue weighted by Crippen LogP contribution is -2.62. The van der Waals surface area contributed by atoms with Gasteiger partial charge in [0, 0.05) is 37.8 Å². The summed E-state index contributed by atoms with van der Waals surface area (Å²) in [5.41, 5.74) is 2.43. The largest absolute Gasteiger partial charge is 0.379 e. The molecule has 0 bridgehead atoms. The van der Waals surface area contributed by atoms with Gasteiger partial charge in [-0.15, -0.1) is 0 Å². The highest BCUT2D eigenvalue weighted by Crippen LogP contribution is 2.25. The second kappa shape index (κ2) is 6.14. The molecule has 23 heavy (non-hydrogen) atoms. The first-order valence-electron chi connectivity index (χ1n) is 8.03. The molecule has 2 aliphatic heterocycles. The number of likely N-dealkylation sites (tertiary alicyclic amines) is 1. The molecule has 1 aromatic carbocycles. The summed E-state index contributed by atoms with van der Waals surface area (Å²) in [6.45, 7) is 5.10. The van der Waals surface area contributed by atoms with Gasteiger partial charge in [-0.3, -0.25) is 14.8 Å².